The second-order valence-electron chi connectivity index (χ2n) is 3.54. The third kappa shape index (κ3) is 2.75. The van der Waals surface area contributed by atoms with Crippen LogP contribution in [0, 0.1) is 10.1 Å². The van der Waals surface area contributed by atoms with Crippen LogP contribution in [0.3, 0.4) is 0 Å². The van der Waals surface area contributed by atoms with E-state index in [4.69, 9.17) is 11.5 Å². The molecular formula is C10H9N7O3. The molecule has 0 bridgehead atoms. The summed E-state index contributed by atoms with van der Waals surface area (Å²) in [5, 5.41) is 24.8. The molecule has 0 aliphatic carbocycles. The van der Waals surface area contributed by atoms with Crippen molar-refractivity contribution < 1.29 is 9.55 Å². The zero-order chi connectivity index (χ0) is 14.5. The Hall–Kier alpha value is -3.30. The fraction of sp³-hybridized carbons (Fsp3) is 0. The summed E-state index contributed by atoms with van der Waals surface area (Å²) in [5.41, 5.74) is 11.2. The number of nitro benzene ring substituents is 1. The second kappa shape index (κ2) is 5.56. The van der Waals surface area contributed by atoms with Crippen molar-refractivity contribution in [1.82, 2.24) is 10.3 Å². The van der Waals surface area contributed by atoms with Crippen molar-refractivity contribution in [2.45, 2.75) is 0 Å². The predicted octanol–water partition coefficient (Wildman–Crippen LogP) is 0.299. The number of benzene rings is 1. The molecule has 0 aliphatic rings. The quantitative estimate of drug-likeness (QED) is 0.351. The third-order valence-corrected chi connectivity index (χ3v) is 2.25. The van der Waals surface area contributed by atoms with Gasteiger partial charge in [0, 0.05) is 6.07 Å². The first-order chi connectivity index (χ1) is 9.59. The zero-order valence-electron chi connectivity index (χ0n) is 10.0. The Morgan fingerprint density at radius 3 is 2.80 bits per heavy atom. The van der Waals surface area contributed by atoms with Gasteiger partial charge in [-0.3, -0.25) is 10.1 Å². The Kier molecular flexibility index (Phi) is 3.65. The van der Waals surface area contributed by atoms with Gasteiger partial charge in [0.05, 0.1) is 16.7 Å². The van der Waals surface area contributed by atoms with E-state index in [-0.39, 0.29) is 23.0 Å². The number of rotatable bonds is 4. The number of para-hydroxylation sites is 1. The lowest BCUT2D eigenvalue weighted by Crippen LogP contribution is -2.15. The lowest BCUT2D eigenvalue weighted by atomic mass is 10.2. The van der Waals surface area contributed by atoms with Crippen molar-refractivity contribution in [2.24, 2.45) is 15.9 Å². The Balaban J connectivity index is 2.23. The summed E-state index contributed by atoms with van der Waals surface area (Å²) in [5.74, 6) is -0.134. The average molecular weight is 275 g/mol. The van der Waals surface area contributed by atoms with Gasteiger partial charge in [-0.05, 0) is 16.4 Å². The van der Waals surface area contributed by atoms with Crippen molar-refractivity contribution in [3.8, 4) is 0 Å². The van der Waals surface area contributed by atoms with Crippen LogP contribution in [0.15, 0.2) is 39.1 Å². The molecule has 0 unspecified atom stereocenters. The highest BCUT2D eigenvalue weighted by atomic mass is 16.6. The van der Waals surface area contributed by atoms with Crippen LogP contribution in [0.25, 0.3) is 0 Å². The van der Waals surface area contributed by atoms with Crippen LogP contribution < -0.4 is 11.5 Å². The molecule has 0 aliphatic heterocycles. The summed E-state index contributed by atoms with van der Waals surface area (Å²) < 4.78 is 4.35. The van der Waals surface area contributed by atoms with E-state index < -0.39 is 4.92 Å². The van der Waals surface area contributed by atoms with Gasteiger partial charge in [-0.2, -0.15) is 5.10 Å². The summed E-state index contributed by atoms with van der Waals surface area (Å²) in [7, 11) is 0. The molecule has 10 nitrogen and oxygen atoms in total. The van der Waals surface area contributed by atoms with Crippen molar-refractivity contribution in [2.75, 3.05) is 5.73 Å². The van der Waals surface area contributed by atoms with Gasteiger partial charge in [0.25, 0.3) is 5.69 Å². The van der Waals surface area contributed by atoms with Gasteiger partial charge in [-0.15, -0.1) is 5.10 Å². The Morgan fingerprint density at radius 1 is 1.40 bits per heavy atom. The molecule has 1 aromatic carbocycles. The lowest BCUT2D eigenvalue weighted by Gasteiger charge is -1.95. The molecule has 2 rings (SSSR count). The van der Waals surface area contributed by atoms with Crippen LogP contribution in [-0.4, -0.2) is 27.3 Å². The molecule has 0 atom stereocenters. The van der Waals surface area contributed by atoms with Crippen LogP contribution in [-0.2, 0) is 0 Å². The van der Waals surface area contributed by atoms with Crippen LogP contribution in [0.1, 0.15) is 11.3 Å². The number of nitrogens with zero attached hydrogens (tertiary/aromatic N) is 5. The fourth-order valence-electron chi connectivity index (χ4n) is 1.34. The van der Waals surface area contributed by atoms with E-state index in [9.17, 15) is 10.1 Å². The van der Waals surface area contributed by atoms with Gasteiger partial charge in [0.2, 0.25) is 0 Å². The summed E-state index contributed by atoms with van der Waals surface area (Å²) in [6.07, 6.45) is 1.20. The van der Waals surface area contributed by atoms with Crippen LogP contribution in [0.5, 0.6) is 0 Å². The van der Waals surface area contributed by atoms with Crippen LogP contribution >= 0.6 is 0 Å². The Bertz CT molecular complexity index is 692. The van der Waals surface area contributed by atoms with E-state index in [0.717, 1.165) is 0 Å². The van der Waals surface area contributed by atoms with Gasteiger partial charge >= 0.3 is 0 Å². The lowest BCUT2D eigenvalue weighted by molar-refractivity contribution is -0.385. The van der Waals surface area contributed by atoms with E-state index in [1.807, 2.05) is 0 Å². The maximum absolute atomic E-state index is 10.8. The van der Waals surface area contributed by atoms with Gasteiger partial charge in [-0.25, -0.2) is 4.63 Å². The zero-order valence-corrected chi connectivity index (χ0v) is 10.0. The number of hydrogen-bond donors (Lipinski definition) is 2. The topological polar surface area (TPSA) is 159 Å². The van der Waals surface area contributed by atoms with E-state index in [0.29, 0.717) is 5.56 Å². The molecule has 4 N–H and O–H groups in total. The van der Waals surface area contributed by atoms with Crippen LogP contribution in [0.2, 0.25) is 0 Å². The largest absolute Gasteiger partial charge is 0.380 e. The monoisotopic (exact) mass is 275 g/mol. The van der Waals surface area contributed by atoms with Crippen molar-refractivity contribution in [1.29, 1.82) is 0 Å². The normalized spacial score (nSPS) is 11.9. The molecule has 10 heteroatoms. The van der Waals surface area contributed by atoms with Gasteiger partial charge in [-0.1, -0.05) is 12.1 Å². The van der Waals surface area contributed by atoms with E-state index in [1.54, 1.807) is 12.1 Å². The summed E-state index contributed by atoms with van der Waals surface area (Å²) in [4.78, 5) is 10.3. The molecule has 1 aromatic heterocycles. The molecule has 0 radical (unpaired) electrons. The molecule has 0 saturated carbocycles. The highest BCUT2D eigenvalue weighted by molar-refractivity contribution is 5.99. The fourth-order valence-corrected chi connectivity index (χ4v) is 1.34. The number of hydrogen-bond acceptors (Lipinski definition) is 8. The van der Waals surface area contributed by atoms with Crippen LogP contribution in [0.4, 0.5) is 11.5 Å². The first kappa shape index (κ1) is 13.1. The first-order valence-electron chi connectivity index (χ1n) is 5.28. The Labute approximate surface area is 111 Å². The molecule has 0 fully saturated rings. The molecule has 1 heterocycles. The third-order valence-electron chi connectivity index (χ3n) is 2.25. The predicted molar refractivity (Wildman–Crippen MR) is 70.1 cm³/mol. The van der Waals surface area contributed by atoms with Crippen molar-refractivity contribution >= 4 is 23.6 Å². The second-order valence-corrected chi connectivity index (χ2v) is 3.54. The minimum absolute atomic E-state index is 0.0212. The molecule has 0 spiro atoms. The van der Waals surface area contributed by atoms with E-state index in [2.05, 4.69) is 25.1 Å². The van der Waals surface area contributed by atoms with Crippen molar-refractivity contribution in [3.63, 3.8) is 0 Å². The number of nitro groups is 1. The highest BCUT2D eigenvalue weighted by Crippen LogP contribution is 2.15. The number of anilines is 1. The number of amidine groups is 1. The van der Waals surface area contributed by atoms with Gasteiger partial charge < -0.3 is 11.5 Å². The Morgan fingerprint density at radius 2 is 2.15 bits per heavy atom. The molecule has 20 heavy (non-hydrogen) atoms. The van der Waals surface area contributed by atoms with E-state index in [1.165, 1.54) is 18.3 Å². The molecule has 0 saturated heterocycles. The van der Waals surface area contributed by atoms with E-state index >= 15 is 0 Å². The maximum Gasteiger partial charge on any atom is 0.278 e. The molecular weight excluding hydrogens is 266 g/mol. The number of nitrogens with two attached hydrogens (primary N) is 2. The molecule has 0 amide bonds. The van der Waals surface area contributed by atoms with Gasteiger partial charge in [0.15, 0.2) is 17.3 Å². The summed E-state index contributed by atoms with van der Waals surface area (Å²) in [6, 6.07) is 6.07. The average Bonchev–Trinajstić information content (AvgIpc) is 2.85. The standard InChI is InChI=1S/C10H9N7O3/c11-9(8-10(12)16-20-15-8)14-13-5-6-3-1-2-4-7(6)17(18)19/h1-5H,(H2,11,14)(H2,12,16)/b13-5+. The van der Waals surface area contributed by atoms with Crippen molar-refractivity contribution in [3.05, 3.63) is 45.6 Å². The molecule has 102 valence electrons. The minimum Gasteiger partial charge on any atom is -0.380 e. The molecule has 2 aromatic rings. The summed E-state index contributed by atoms with van der Waals surface area (Å²) in [6.45, 7) is 0. The number of nitrogen functional groups attached to an aromatic ring is 1. The highest BCUT2D eigenvalue weighted by Gasteiger charge is 2.11. The minimum atomic E-state index is -0.520. The first-order valence-corrected chi connectivity index (χ1v) is 5.28. The maximum atomic E-state index is 10.8. The SMILES string of the molecule is N/C(=N\N=C\c1ccccc1[N+](=O)[O-])c1nonc1N. The summed E-state index contributed by atoms with van der Waals surface area (Å²) >= 11 is 0. The smallest absolute Gasteiger partial charge is 0.278 e. The van der Waals surface area contributed by atoms with Gasteiger partial charge in [0.1, 0.15) is 0 Å². The number of aromatic nitrogens is 2.